The van der Waals surface area contributed by atoms with Crippen LogP contribution in [0.3, 0.4) is 0 Å². The summed E-state index contributed by atoms with van der Waals surface area (Å²) in [6.45, 7) is 2.04. The number of para-hydroxylation sites is 1. The second kappa shape index (κ2) is 6.09. The highest BCUT2D eigenvalue weighted by Crippen LogP contribution is 2.52. The summed E-state index contributed by atoms with van der Waals surface area (Å²) in [6.07, 6.45) is 1.69. The van der Waals surface area contributed by atoms with E-state index < -0.39 is 5.41 Å². The molecule has 0 atom stereocenters. The van der Waals surface area contributed by atoms with Crippen LogP contribution in [0.1, 0.15) is 24.1 Å². The smallest absolute Gasteiger partial charge is 0.235 e. The molecule has 0 bridgehead atoms. The number of carbonyl (C=O) groups excluding carboxylic acids is 1. The Balaban J connectivity index is 1.69. The van der Waals surface area contributed by atoms with Gasteiger partial charge in [-0.25, -0.2) is 0 Å². The molecule has 1 amide bonds. The Morgan fingerprint density at radius 2 is 1.88 bits per heavy atom. The van der Waals surface area contributed by atoms with Crippen molar-refractivity contribution in [2.45, 2.75) is 25.2 Å². The number of fused-ring (bicyclic) bond motifs is 1. The quantitative estimate of drug-likeness (QED) is 0.726. The van der Waals surface area contributed by atoms with E-state index in [1.807, 2.05) is 37.3 Å². The lowest BCUT2D eigenvalue weighted by Crippen LogP contribution is -2.28. The Hall–Kier alpha value is -2.95. The number of hydrogen-bond donors (Lipinski definition) is 2. The van der Waals surface area contributed by atoms with Crippen LogP contribution in [0.2, 0.25) is 0 Å². The number of nitrogens with one attached hydrogen (secondary N) is 2. The lowest BCUT2D eigenvalue weighted by atomic mass is 9.92. The summed E-state index contributed by atoms with van der Waals surface area (Å²) in [5.74, 6) is 1.28. The van der Waals surface area contributed by atoms with Gasteiger partial charge < -0.3 is 19.8 Å². The molecule has 26 heavy (non-hydrogen) atoms. The van der Waals surface area contributed by atoms with Crippen LogP contribution in [0.4, 0.5) is 5.69 Å². The molecule has 0 unspecified atom stereocenters. The van der Waals surface area contributed by atoms with Crippen LogP contribution in [-0.2, 0) is 10.2 Å². The second-order valence-electron chi connectivity index (χ2n) is 6.77. The summed E-state index contributed by atoms with van der Waals surface area (Å²) in [7, 11) is 3.19. The zero-order valence-corrected chi connectivity index (χ0v) is 15.2. The maximum Gasteiger partial charge on any atom is 0.235 e. The van der Waals surface area contributed by atoms with Gasteiger partial charge >= 0.3 is 0 Å². The van der Waals surface area contributed by atoms with Crippen LogP contribution in [0.25, 0.3) is 10.9 Å². The van der Waals surface area contributed by atoms with Crippen molar-refractivity contribution in [1.29, 1.82) is 0 Å². The first kappa shape index (κ1) is 16.5. The lowest BCUT2D eigenvalue weighted by molar-refractivity contribution is -0.118. The largest absolute Gasteiger partial charge is 0.497 e. The van der Waals surface area contributed by atoms with Crippen LogP contribution in [0.5, 0.6) is 11.5 Å². The molecule has 5 nitrogen and oxygen atoms in total. The van der Waals surface area contributed by atoms with Crippen molar-refractivity contribution in [2.75, 3.05) is 19.5 Å². The van der Waals surface area contributed by atoms with Crippen molar-refractivity contribution in [3.05, 3.63) is 53.7 Å². The Labute approximate surface area is 152 Å². The zero-order valence-electron chi connectivity index (χ0n) is 15.2. The lowest BCUT2D eigenvalue weighted by Gasteiger charge is -2.18. The van der Waals surface area contributed by atoms with Crippen molar-refractivity contribution >= 4 is 22.5 Å². The van der Waals surface area contributed by atoms with Gasteiger partial charge in [0.1, 0.15) is 11.5 Å². The molecular weight excluding hydrogens is 328 g/mol. The zero-order chi connectivity index (χ0) is 18.3. The maximum absolute atomic E-state index is 13.2. The number of carbonyl (C=O) groups is 1. The normalized spacial score (nSPS) is 14.9. The summed E-state index contributed by atoms with van der Waals surface area (Å²) in [5.41, 5.74) is 3.41. The molecule has 3 aromatic rings. The molecule has 0 radical (unpaired) electrons. The number of H-pyrrole nitrogens is 1. The molecule has 1 aromatic heterocycles. The number of benzene rings is 2. The third kappa shape index (κ3) is 2.51. The van der Waals surface area contributed by atoms with Gasteiger partial charge in [0.2, 0.25) is 5.91 Å². The minimum Gasteiger partial charge on any atom is -0.497 e. The first-order valence-corrected chi connectivity index (χ1v) is 8.70. The molecule has 0 saturated heterocycles. The number of ether oxygens (including phenoxy) is 2. The summed E-state index contributed by atoms with van der Waals surface area (Å²) in [6, 6.07) is 13.5. The number of methoxy groups -OCH3 is 2. The monoisotopic (exact) mass is 350 g/mol. The van der Waals surface area contributed by atoms with Crippen molar-refractivity contribution in [3.63, 3.8) is 0 Å². The number of anilines is 1. The van der Waals surface area contributed by atoms with Crippen LogP contribution in [0, 0.1) is 6.92 Å². The number of aryl methyl sites for hydroxylation is 1. The van der Waals surface area contributed by atoms with Crippen molar-refractivity contribution in [3.8, 4) is 11.5 Å². The van der Waals surface area contributed by atoms with Gasteiger partial charge in [-0.3, -0.25) is 4.79 Å². The first-order valence-electron chi connectivity index (χ1n) is 8.70. The van der Waals surface area contributed by atoms with E-state index in [0.717, 1.165) is 35.0 Å². The average molecular weight is 350 g/mol. The van der Waals surface area contributed by atoms with Crippen molar-refractivity contribution in [2.24, 2.45) is 0 Å². The second-order valence-corrected chi connectivity index (χ2v) is 6.77. The van der Waals surface area contributed by atoms with Gasteiger partial charge in [0.05, 0.1) is 25.3 Å². The van der Waals surface area contributed by atoms with E-state index in [1.54, 1.807) is 20.3 Å². The highest BCUT2D eigenvalue weighted by Gasteiger charge is 2.53. The molecule has 2 aromatic carbocycles. The predicted octanol–water partition coefficient (Wildman–Crippen LogP) is 4.16. The molecule has 1 fully saturated rings. The number of aromatic amines is 1. The highest BCUT2D eigenvalue weighted by molar-refractivity contribution is 6.05. The molecule has 1 heterocycles. The van der Waals surface area contributed by atoms with Gasteiger partial charge in [0.15, 0.2) is 0 Å². The molecule has 0 spiro atoms. The van der Waals surface area contributed by atoms with Gasteiger partial charge in [0.25, 0.3) is 0 Å². The van der Waals surface area contributed by atoms with E-state index in [-0.39, 0.29) is 5.91 Å². The van der Waals surface area contributed by atoms with E-state index in [0.29, 0.717) is 17.2 Å². The van der Waals surface area contributed by atoms with Gasteiger partial charge in [0, 0.05) is 22.7 Å². The minimum atomic E-state index is -0.478. The Morgan fingerprint density at radius 1 is 1.12 bits per heavy atom. The number of rotatable bonds is 5. The first-order chi connectivity index (χ1) is 12.6. The van der Waals surface area contributed by atoms with Crippen molar-refractivity contribution in [1.82, 2.24) is 4.98 Å². The van der Waals surface area contributed by atoms with Gasteiger partial charge in [-0.05, 0) is 43.5 Å². The Kier molecular flexibility index (Phi) is 3.87. The Morgan fingerprint density at radius 3 is 2.58 bits per heavy atom. The predicted molar refractivity (Wildman–Crippen MR) is 102 cm³/mol. The van der Waals surface area contributed by atoms with Gasteiger partial charge in [-0.2, -0.15) is 0 Å². The van der Waals surface area contributed by atoms with E-state index in [2.05, 4.69) is 16.4 Å². The van der Waals surface area contributed by atoms with Crippen LogP contribution < -0.4 is 14.8 Å². The Bertz CT molecular complexity index is 986. The molecule has 1 saturated carbocycles. The SMILES string of the molecule is COc1ccc(NC(=O)C2(c3c(C)[nH]c4ccccc34)CC2)c(OC)c1. The number of aromatic nitrogens is 1. The van der Waals surface area contributed by atoms with E-state index in [9.17, 15) is 4.79 Å². The maximum atomic E-state index is 13.2. The van der Waals surface area contributed by atoms with E-state index in [4.69, 9.17) is 9.47 Å². The topological polar surface area (TPSA) is 63.3 Å². The molecular formula is C21H22N2O3. The third-order valence-corrected chi connectivity index (χ3v) is 5.21. The standard InChI is InChI=1S/C21H22N2O3/c1-13-19(15-6-4-5-7-16(15)22-13)21(10-11-21)20(24)23-17-9-8-14(25-2)12-18(17)26-3/h4-9,12,22H,10-11H2,1-3H3,(H,23,24). The van der Waals surface area contributed by atoms with E-state index in [1.165, 1.54) is 0 Å². The molecule has 4 rings (SSSR count). The number of hydrogen-bond acceptors (Lipinski definition) is 3. The highest BCUT2D eigenvalue weighted by atomic mass is 16.5. The fourth-order valence-corrected chi connectivity index (χ4v) is 3.75. The summed E-state index contributed by atoms with van der Waals surface area (Å²) < 4.78 is 10.6. The minimum absolute atomic E-state index is 0.00817. The van der Waals surface area contributed by atoms with Gasteiger partial charge in [-0.1, -0.05) is 18.2 Å². The summed E-state index contributed by atoms with van der Waals surface area (Å²) >= 11 is 0. The van der Waals surface area contributed by atoms with Gasteiger partial charge in [-0.15, -0.1) is 0 Å². The molecule has 0 aliphatic heterocycles. The fraction of sp³-hybridized carbons (Fsp3) is 0.286. The summed E-state index contributed by atoms with van der Waals surface area (Å²) in [5, 5.41) is 4.19. The third-order valence-electron chi connectivity index (χ3n) is 5.21. The van der Waals surface area contributed by atoms with E-state index >= 15 is 0 Å². The van der Waals surface area contributed by atoms with Crippen LogP contribution in [-0.4, -0.2) is 25.1 Å². The molecule has 1 aliphatic carbocycles. The fourth-order valence-electron chi connectivity index (χ4n) is 3.75. The molecule has 134 valence electrons. The number of amides is 1. The van der Waals surface area contributed by atoms with Crippen molar-refractivity contribution < 1.29 is 14.3 Å². The van der Waals surface area contributed by atoms with Crippen LogP contribution >= 0.6 is 0 Å². The molecule has 5 heteroatoms. The summed E-state index contributed by atoms with van der Waals surface area (Å²) in [4.78, 5) is 16.6. The molecule has 1 aliphatic rings. The van der Waals surface area contributed by atoms with Crippen LogP contribution in [0.15, 0.2) is 42.5 Å². The average Bonchev–Trinajstić information content (AvgIpc) is 3.38. The molecule has 2 N–H and O–H groups in total.